The van der Waals surface area contributed by atoms with Crippen molar-refractivity contribution in [2.24, 2.45) is 0 Å². The van der Waals surface area contributed by atoms with Gasteiger partial charge >= 0.3 is 0 Å². The second-order valence-electron chi connectivity index (χ2n) is 5.90. The van der Waals surface area contributed by atoms with E-state index in [1.54, 1.807) is 11.1 Å². The van der Waals surface area contributed by atoms with Crippen molar-refractivity contribution >= 4 is 17.3 Å². The Morgan fingerprint density at radius 2 is 1.91 bits per heavy atom. The minimum atomic E-state index is -0.0192. The summed E-state index contributed by atoms with van der Waals surface area (Å²) in [5.74, 6) is 0.741. The molecule has 0 atom stereocenters. The number of hydrogen-bond acceptors (Lipinski definition) is 4. The predicted molar refractivity (Wildman–Crippen MR) is 89.3 cm³/mol. The Morgan fingerprint density at radius 1 is 1.09 bits per heavy atom. The van der Waals surface area contributed by atoms with Gasteiger partial charge in [-0.1, -0.05) is 12.1 Å². The lowest BCUT2D eigenvalue weighted by Gasteiger charge is -2.29. The van der Waals surface area contributed by atoms with E-state index in [2.05, 4.69) is 9.88 Å². The number of fused-ring (bicyclic) bond motifs is 1. The molecule has 0 saturated carbocycles. The maximum absolute atomic E-state index is 12.9. The smallest absolute Gasteiger partial charge is 0.260 e. The molecule has 1 aromatic carbocycles. The Hall–Kier alpha value is -2.56. The number of pyridine rings is 1. The van der Waals surface area contributed by atoms with E-state index in [0.717, 1.165) is 30.2 Å². The highest BCUT2D eigenvalue weighted by Gasteiger charge is 2.25. The number of amides is 1. The second kappa shape index (κ2) is 5.91. The third kappa shape index (κ3) is 2.63. The molecule has 0 N–H and O–H groups in total. The molecule has 1 fully saturated rings. The zero-order valence-electron chi connectivity index (χ0n) is 12.9. The van der Waals surface area contributed by atoms with Crippen molar-refractivity contribution in [3.63, 3.8) is 0 Å². The number of ether oxygens (including phenoxy) is 1. The van der Waals surface area contributed by atoms with Crippen LogP contribution in [0.4, 0.5) is 11.4 Å². The van der Waals surface area contributed by atoms with Crippen LogP contribution in [-0.2, 0) is 0 Å². The molecule has 23 heavy (non-hydrogen) atoms. The largest absolute Gasteiger partial charge is 0.490 e. The van der Waals surface area contributed by atoms with Gasteiger partial charge in [0.1, 0.15) is 12.4 Å². The molecule has 2 aliphatic heterocycles. The quantitative estimate of drug-likeness (QED) is 0.856. The monoisotopic (exact) mass is 309 g/mol. The predicted octanol–water partition coefficient (Wildman–Crippen LogP) is 2.72. The Balaban J connectivity index is 1.64. The third-order valence-corrected chi connectivity index (χ3v) is 4.42. The van der Waals surface area contributed by atoms with Crippen LogP contribution in [0.3, 0.4) is 0 Å². The normalized spacial score (nSPS) is 16.9. The zero-order chi connectivity index (χ0) is 15.6. The molecule has 0 unspecified atom stereocenters. The van der Waals surface area contributed by atoms with Gasteiger partial charge in [0, 0.05) is 19.3 Å². The van der Waals surface area contributed by atoms with Crippen LogP contribution < -0.4 is 14.5 Å². The van der Waals surface area contributed by atoms with E-state index in [-0.39, 0.29) is 5.91 Å². The molecule has 0 radical (unpaired) electrons. The number of para-hydroxylation sites is 2. The third-order valence-electron chi connectivity index (χ3n) is 4.42. The number of carbonyl (C=O) groups excluding carboxylic acids is 1. The standard InChI is InChI=1S/C18H19N3O2/c22-18(21-9-10-23-17-6-2-1-5-16(17)21)14-11-15(13-19-12-14)20-7-3-4-8-20/h1-2,5-6,11-13H,3-4,7-10H2. The Morgan fingerprint density at radius 3 is 2.78 bits per heavy atom. The molecule has 1 saturated heterocycles. The van der Waals surface area contributed by atoms with Crippen LogP contribution in [0.25, 0.3) is 0 Å². The molecule has 4 rings (SSSR count). The number of rotatable bonds is 2. The van der Waals surface area contributed by atoms with Crippen molar-refractivity contribution in [1.82, 2.24) is 4.98 Å². The minimum absolute atomic E-state index is 0.0192. The van der Waals surface area contributed by atoms with Gasteiger partial charge in [-0.2, -0.15) is 0 Å². The van der Waals surface area contributed by atoms with Gasteiger partial charge in [-0.25, -0.2) is 0 Å². The molecular weight excluding hydrogens is 290 g/mol. The van der Waals surface area contributed by atoms with Crippen molar-refractivity contribution in [2.75, 3.05) is 36.0 Å². The highest BCUT2D eigenvalue weighted by Crippen LogP contribution is 2.32. The van der Waals surface area contributed by atoms with Crippen molar-refractivity contribution in [2.45, 2.75) is 12.8 Å². The zero-order valence-corrected chi connectivity index (χ0v) is 12.9. The van der Waals surface area contributed by atoms with Gasteiger partial charge in [0.15, 0.2) is 0 Å². The fraction of sp³-hybridized carbons (Fsp3) is 0.333. The molecule has 2 aliphatic rings. The molecule has 1 aromatic heterocycles. The van der Waals surface area contributed by atoms with Gasteiger partial charge < -0.3 is 14.5 Å². The average Bonchev–Trinajstić information content (AvgIpc) is 3.15. The van der Waals surface area contributed by atoms with E-state index in [4.69, 9.17) is 4.74 Å². The van der Waals surface area contributed by atoms with Crippen LogP contribution in [0.15, 0.2) is 42.7 Å². The first-order chi connectivity index (χ1) is 11.3. The molecule has 2 aromatic rings. The average molecular weight is 309 g/mol. The van der Waals surface area contributed by atoms with E-state index in [1.165, 1.54) is 12.8 Å². The first kappa shape index (κ1) is 14.1. The van der Waals surface area contributed by atoms with Gasteiger partial charge in [0.2, 0.25) is 0 Å². The van der Waals surface area contributed by atoms with Crippen LogP contribution in [0.1, 0.15) is 23.2 Å². The molecule has 5 heteroatoms. The maximum Gasteiger partial charge on any atom is 0.260 e. The molecule has 118 valence electrons. The Labute approximate surface area is 135 Å². The lowest BCUT2D eigenvalue weighted by molar-refractivity contribution is 0.0976. The maximum atomic E-state index is 12.9. The summed E-state index contributed by atoms with van der Waals surface area (Å²) in [5, 5.41) is 0. The number of aromatic nitrogens is 1. The number of anilines is 2. The van der Waals surface area contributed by atoms with Crippen LogP contribution >= 0.6 is 0 Å². The molecule has 0 aliphatic carbocycles. The number of carbonyl (C=O) groups is 1. The second-order valence-corrected chi connectivity index (χ2v) is 5.90. The lowest BCUT2D eigenvalue weighted by Crippen LogP contribution is -2.38. The first-order valence-corrected chi connectivity index (χ1v) is 8.06. The summed E-state index contributed by atoms with van der Waals surface area (Å²) in [6, 6.07) is 9.62. The van der Waals surface area contributed by atoms with E-state index in [1.807, 2.05) is 36.5 Å². The molecule has 5 nitrogen and oxygen atoms in total. The van der Waals surface area contributed by atoms with Crippen LogP contribution in [-0.4, -0.2) is 37.1 Å². The van der Waals surface area contributed by atoms with Crippen LogP contribution in [0.2, 0.25) is 0 Å². The number of nitrogens with zero attached hydrogens (tertiary/aromatic N) is 3. The fourth-order valence-corrected chi connectivity index (χ4v) is 3.23. The van der Waals surface area contributed by atoms with E-state index < -0.39 is 0 Å². The van der Waals surface area contributed by atoms with Crippen LogP contribution in [0, 0.1) is 0 Å². The summed E-state index contributed by atoms with van der Waals surface area (Å²) in [5.41, 5.74) is 2.50. The first-order valence-electron chi connectivity index (χ1n) is 8.06. The van der Waals surface area contributed by atoms with Gasteiger partial charge in [-0.3, -0.25) is 9.78 Å². The Kier molecular flexibility index (Phi) is 3.61. The van der Waals surface area contributed by atoms with Crippen molar-refractivity contribution in [1.29, 1.82) is 0 Å². The highest BCUT2D eigenvalue weighted by molar-refractivity contribution is 6.07. The minimum Gasteiger partial charge on any atom is -0.490 e. The fourth-order valence-electron chi connectivity index (χ4n) is 3.23. The summed E-state index contributed by atoms with van der Waals surface area (Å²) < 4.78 is 5.63. The van der Waals surface area contributed by atoms with E-state index in [0.29, 0.717) is 18.7 Å². The van der Waals surface area contributed by atoms with Gasteiger partial charge in [0.25, 0.3) is 5.91 Å². The summed E-state index contributed by atoms with van der Waals surface area (Å²) in [7, 11) is 0. The number of hydrogen-bond donors (Lipinski definition) is 0. The molecule has 3 heterocycles. The molecule has 0 spiro atoms. The Bertz CT molecular complexity index is 726. The summed E-state index contributed by atoms with van der Waals surface area (Å²) >= 11 is 0. The topological polar surface area (TPSA) is 45.7 Å². The summed E-state index contributed by atoms with van der Waals surface area (Å²) in [4.78, 5) is 21.3. The summed E-state index contributed by atoms with van der Waals surface area (Å²) in [6.07, 6.45) is 5.90. The van der Waals surface area contributed by atoms with Crippen molar-refractivity contribution in [3.8, 4) is 5.75 Å². The lowest BCUT2D eigenvalue weighted by atomic mass is 10.1. The van der Waals surface area contributed by atoms with Crippen molar-refractivity contribution in [3.05, 3.63) is 48.3 Å². The van der Waals surface area contributed by atoms with E-state index >= 15 is 0 Å². The van der Waals surface area contributed by atoms with Crippen LogP contribution in [0.5, 0.6) is 5.75 Å². The van der Waals surface area contributed by atoms with Gasteiger partial charge in [-0.15, -0.1) is 0 Å². The van der Waals surface area contributed by atoms with Crippen molar-refractivity contribution < 1.29 is 9.53 Å². The number of benzene rings is 1. The highest BCUT2D eigenvalue weighted by atomic mass is 16.5. The van der Waals surface area contributed by atoms with Gasteiger partial charge in [0.05, 0.1) is 29.7 Å². The SMILES string of the molecule is O=C(c1cncc(N2CCCC2)c1)N1CCOc2ccccc21. The molecule has 0 bridgehead atoms. The molecule has 1 amide bonds. The van der Waals surface area contributed by atoms with E-state index in [9.17, 15) is 4.79 Å². The molecular formula is C18H19N3O2. The van der Waals surface area contributed by atoms with Gasteiger partial charge in [-0.05, 0) is 31.0 Å². The summed E-state index contributed by atoms with van der Waals surface area (Å²) in [6.45, 7) is 3.16.